The van der Waals surface area contributed by atoms with E-state index in [9.17, 15) is 9.59 Å². The van der Waals surface area contributed by atoms with Crippen LogP contribution in [0.5, 0.6) is 0 Å². The molecule has 1 spiro atoms. The van der Waals surface area contributed by atoms with Crippen LogP contribution in [0.1, 0.15) is 42.3 Å². The first-order valence-electron chi connectivity index (χ1n) is 11.5. The lowest BCUT2D eigenvalue weighted by molar-refractivity contribution is -0.127. The summed E-state index contributed by atoms with van der Waals surface area (Å²) in [5.41, 5.74) is 2.89. The summed E-state index contributed by atoms with van der Waals surface area (Å²) in [7, 11) is 0. The number of nitrogens with zero attached hydrogens (tertiary/aromatic N) is 2. The molecular formula is C27H30N4O2. The minimum atomic E-state index is -0.626. The Kier molecular flexibility index (Phi) is 5.20. The SMILES string of the molecule is CC(C)(C)NC(=O)[C@@H]1CN(Cc2ccc3ncccc3c2)C[C@]12Cc1ccccc1C(=O)N2. The summed E-state index contributed by atoms with van der Waals surface area (Å²) in [6.45, 7) is 7.89. The van der Waals surface area contributed by atoms with Gasteiger partial charge in [-0.2, -0.15) is 0 Å². The van der Waals surface area contributed by atoms with Crippen molar-refractivity contribution in [1.29, 1.82) is 0 Å². The Balaban J connectivity index is 1.46. The fourth-order valence-corrected chi connectivity index (χ4v) is 5.28. The van der Waals surface area contributed by atoms with E-state index in [-0.39, 0.29) is 23.3 Å². The molecule has 0 saturated carbocycles. The molecule has 0 bridgehead atoms. The molecule has 0 unspecified atom stereocenters. The minimum absolute atomic E-state index is 0.00704. The van der Waals surface area contributed by atoms with Gasteiger partial charge in [0.2, 0.25) is 5.91 Å². The van der Waals surface area contributed by atoms with Gasteiger partial charge < -0.3 is 10.6 Å². The van der Waals surface area contributed by atoms with Crippen LogP contribution in [0.15, 0.2) is 60.8 Å². The number of hydrogen-bond acceptors (Lipinski definition) is 4. The van der Waals surface area contributed by atoms with Crippen LogP contribution < -0.4 is 10.6 Å². The third-order valence-corrected chi connectivity index (χ3v) is 6.63. The number of rotatable bonds is 3. The number of fused-ring (bicyclic) bond motifs is 2. The van der Waals surface area contributed by atoms with Crippen molar-refractivity contribution in [3.63, 3.8) is 0 Å². The van der Waals surface area contributed by atoms with Crippen molar-refractivity contribution < 1.29 is 9.59 Å². The quantitative estimate of drug-likeness (QED) is 0.653. The smallest absolute Gasteiger partial charge is 0.252 e. The molecule has 3 heterocycles. The van der Waals surface area contributed by atoms with Crippen molar-refractivity contribution in [1.82, 2.24) is 20.5 Å². The van der Waals surface area contributed by atoms with Crippen LogP contribution in [-0.2, 0) is 17.8 Å². The van der Waals surface area contributed by atoms with Gasteiger partial charge in [-0.1, -0.05) is 30.3 Å². The van der Waals surface area contributed by atoms with Crippen LogP contribution in [0.25, 0.3) is 10.9 Å². The topological polar surface area (TPSA) is 74.3 Å². The van der Waals surface area contributed by atoms with Crippen molar-refractivity contribution in [2.24, 2.45) is 5.92 Å². The van der Waals surface area contributed by atoms with E-state index in [1.54, 1.807) is 6.20 Å². The van der Waals surface area contributed by atoms with E-state index in [4.69, 9.17) is 0 Å². The third-order valence-electron chi connectivity index (χ3n) is 6.63. The zero-order chi connectivity index (χ0) is 23.2. The number of benzene rings is 2. The second kappa shape index (κ2) is 7.96. The first-order chi connectivity index (χ1) is 15.7. The standard InChI is InChI=1S/C27H30N4O2/c1-26(2,3)29-25(33)22-16-31(15-18-10-11-23-19(13-18)8-6-12-28-23)17-27(22)14-20-7-4-5-9-21(20)24(32)30-27/h4-13,22H,14-17H2,1-3H3,(H,29,33)(H,30,32)/t22-,27+/m0/s1. The van der Waals surface area contributed by atoms with Gasteiger partial charge in [0.15, 0.2) is 0 Å². The Bertz CT molecular complexity index is 1230. The fraction of sp³-hybridized carbons (Fsp3) is 0.370. The summed E-state index contributed by atoms with van der Waals surface area (Å²) in [6, 6.07) is 18.0. The summed E-state index contributed by atoms with van der Waals surface area (Å²) >= 11 is 0. The maximum absolute atomic E-state index is 13.4. The largest absolute Gasteiger partial charge is 0.351 e. The number of nitrogens with one attached hydrogen (secondary N) is 2. The summed E-state index contributed by atoms with van der Waals surface area (Å²) < 4.78 is 0. The van der Waals surface area contributed by atoms with Gasteiger partial charge in [0, 0.05) is 42.3 Å². The Labute approximate surface area is 194 Å². The molecule has 2 amide bonds. The Morgan fingerprint density at radius 1 is 1.18 bits per heavy atom. The highest BCUT2D eigenvalue weighted by atomic mass is 16.2. The van der Waals surface area contributed by atoms with Gasteiger partial charge in [0.05, 0.1) is 17.0 Å². The molecule has 1 aromatic heterocycles. The third kappa shape index (κ3) is 4.23. The lowest BCUT2D eigenvalue weighted by Gasteiger charge is -2.40. The monoisotopic (exact) mass is 442 g/mol. The molecule has 5 rings (SSSR count). The molecule has 0 radical (unpaired) electrons. The predicted octanol–water partition coefficient (Wildman–Crippen LogP) is 3.31. The predicted molar refractivity (Wildman–Crippen MR) is 129 cm³/mol. The minimum Gasteiger partial charge on any atom is -0.351 e. The number of likely N-dealkylation sites (tertiary alicyclic amines) is 1. The van der Waals surface area contributed by atoms with E-state index in [0.29, 0.717) is 31.6 Å². The van der Waals surface area contributed by atoms with E-state index in [1.165, 1.54) is 5.56 Å². The van der Waals surface area contributed by atoms with Gasteiger partial charge in [-0.3, -0.25) is 19.5 Å². The molecule has 2 aromatic carbocycles. The number of carbonyl (C=O) groups excluding carboxylic acids is 2. The second-order valence-electron chi connectivity index (χ2n) is 10.4. The van der Waals surface area contributed by atoms with Gasteiger partial charge in [0.1, 0.15) is 0 Å². The molecule has 0 aliphatic carbocycles. The maximum Gasteiger partial charge on any atom is 0.252 e. The average molecular weight is 443 g/mol. The first kappa shape index (κ1) is 21.6. The Morgan fingerprint density at radius 3 is 2.82 bits per heavy atom. The van der Waals surface area contributed by atoms with Crippen molar-refractivity contribution in [3.05, 3.63) is 77.5 Å². The van der Waals surface area contributed by atoms with E-state index in [1.807, 2.05) is 57.2 Å². The van der Waals surface area contributed by atoms with Crippen LogP contribution in [-0.4, -0.2) is 45.9 Å². The zero-order valence-electron chi connectivity index (χ0n) is 19.4. The van der Waals surface area contributed by atoms with Crippen LogP contribution >= 0.6 is 0 Å². The molecule has 1 fully saturated rings. The van der Waals surface area contributed by atoms with Crippen molar-refractivity contribution >= 4 is 22.7 Å². The number of pyridine rings is 1. The van der Waals surface area contributed by atoms with Crippen LogP contribution in [0, 0.1) is 5.92 Å². The lowest BCUT2D eigenvalue weighted by atomic mass is 9.76. The molecule has 3 aromatic rings. The summed E-state index contributed by atoms with van der Waals surface area (Å²) in [4.78, 5) is 33.2. The molecular weight excluding hydrogens is 412 g/mol. The molecule has 2 N–H and O–H groups in total. The van der Waals surface area contributed by atoms with Gasteiger partial charge in [-0.05, 0) is 62.6 Å². The van der Waals surface area contributed by atoms with Crippen LogP contribution in [0.2, 0.25) is 0 Å². The van der Waals surface area contributed by atoms with Gasteiger partial charge in [0.25, 0.3) is 5.91 Å². The van der Waals surface area contributed by atoms with E-state index in [0.717, 1.165) is 16.5 Å². The van der Waals surface area contributed by atoms with Crippen molar-refractivity contribution in [2.75, 3.05) is 13.1 Å². The normalized spacial score (nSPS) is 22.9. The maximum atomic E-state index is 13.4. The fourth-order valence-electron chi connectivity index (χ4n) is 5.28. The zero-order valence-corrected chi connectivity index (χ0v) is 19.4. The molecule has 170 valence electrons. The van der Waals surface area contributed by atoms with Crippen LogP contribution in [0.3, 0.4) is 0 Å². The number of aromatic nitrogens is 1. The molecule has 2 aliphatic rings. The van der Waals surface area contributed by atoms with Gasteiger partial charge in [-0.15, -0.1) is 0 Å². The number of carbonyl (C=O) groups is 2. The molecule has 1 saturated heterocycles. The highest BCUT2D eigenvalue weighted by Gasteiger charge is 2.53. The van der Waals surface area contributed by atoms with Crippen LogP contribution in [0.4, 0.5) is 0 Å². The lowest BCUT2D eigenvalue weighted by Crippen LogP contribution is -2.62. The average Bonchev–Trinajstić information content (AvgIpc) is 3.09. The van der Waals surface area contributed by atoms with Gasteiger partial charge >= 0.3 is 0 Å². The molecule has 33 heavy (non-hydrogen) atoms. The Morgan fingerprint density at radius 2 is 2.00 bits per heavy atom. The van der Waals surface area contributed by atoms with E-state index < -0.39 is 5.54 Å². The van der Waals surface area contributed by atoms with Gasteiger partial charge in [-0.25, -0.2) is 0 Å². The highest BCUT2D eigenvalue weighted by molar-refractivity contribution is 5.98. The van der Waals surface area contributed by atoms with Crippen molar-refractivity contribution in [2.45, 2.75) is 44.8 Å². The summed E-state index contributed by atoms with van der Waals surface area (Å²) in [5.74, 6) is -0.437. The summed E-state index contributed by atoms with van der Waals surface area (Å²) in [5, 5.41) is 7.52. The summed E-state index contributed by atoms with van der Waals surface area (Å²) in [6.07, 6.45) is 2.45. The second-order valence-corrected chi connectivity index (χ2v) is 10.4. The molecule has 2 aliphatic heterocycles. The number of amides is 2. The molecule has 2 atom stereocenters. The van der Waals surface area contributed by atoms with Crippen molar-refractivity contribution in [3.8, 4) is 0 Å². The van der Waals surface area contributed by atoms with E-state index in [2.05, 4.69) is 38.7 Å². The molecule has 6 heteroatoms. The number of hydrogen-bond donors (Lipinski definition) is 2. The van der Waals surface area contributed by atoms with E-state index >= 15 is 0 Å². The first-order valence-corrected chi connectivity index (χ1v) is 11.5. The molecule has 6 nitrogen and oxygen atoms in total. The Hall–Kier alpha value is -3.25. The highest BCUT2D eigenvalue weighted by Crippen LogP contribution is 2.36.